The van der Waals surface area contributed by atoms with E-state index in [1.807, 2.05) is 0 Å². The molecule has 0 unspecified atom stereocenters. The van der Waals surface area contributed by atoms with Gasteiger partial charge in [-0.1, -0.05) is 0 Å². The molecule has 3 amide bonds. The van der Waals surface area contributed by atoms with Crippen molar-refractivity contribution in [1.29, 1.82) is 0 Å². The zero-order valence-corrected chi connectivity index (χ0v) is 22.6. The fraction of sp³-hybridized carbons (Fsp3) is 0.750. The van der Waals surface area contributed by atoms with E-state index in [1.54, 1.807) is 23.6 Å². The number of hydrogen-bond acceptors (Lipinski definition) is 10. The Morgan fingerprint density at radius 3 is 1.89 bits per heavy atom. The van der Waals surface area contributed by atoms with Crippen LogP contribution in [0.25, 0.3) is 0 Å². The molecule has 3 aliphatic heterocycles. The number of ether oxygens (including phenoxy) is 3. The third-order valence-electron chi connectivity index (χ3n) is 5.80. The number of carboxylic acids is 1. The van der Waals surface area contributed by atoms with Gasteiger partial charge in [0.25, 0.3) is 0 Å². The number of hydrogen-bond donors (Lipinski definition) is 3. The second-order valence-corrected chi connectivity index (χ2v) is 10.2. The van der Waals surface area contributed by atoms with E-state index < -0.39 is 28.7 Å². The van der Waals surface area contributed by atoms with E-state index in [0.29, 0.717) is 52.5 Å². The highest BCUT2D eigenvalue weighted by Gasteiger charge is 2.40. The quantitative estimate of drug-likeness (QED) is 0.244. The fourth-order valence-corrected chi connectivity index (χ4v) is 3.31. The van der Waals surface area contributed by atoms with Gasteiger partial charge in [-0.2, -0.15) is 0 Å². The summed E-state index contributed by atoms with van der Waals surface area (Å²) in [6.07, 6.45) is 0.130. The van der Waals surface area contributed by atoms with Gasteiger partial charge in [-0.05, 0) is 27.7 Å². The van der Waals surface area contributed by atoms with Crippen molar-refractivity contribution in [2.75, 3.05) is 65.7 Å². The zero-order valence-electron chi connectivity index (χ0n) is 22.6. The third kappa shape index (κ3) is 11.5. The van der Waals surface area contributed by atoms with Gasteiger partial charge in [0.05, 0.1) is 30.5 Å². The molecule has 0 aromatic heterocycles. The number of rotatable bonds is 8. The molecule has 0 atom stereocenters. The van der Waals surface area contributed by atoms with Crippen LogP contribution in [0.15, 0.2) is 0 Å². The summed E-state index contributed by atoms with van der Waals surface area (Å²) in [5.41, 5.74) is 3.62. The Morgan fingerprint density at radius 1 is 1.00 bits per heavy atom. The Balaban J connectivity index is 0.000000317. The van der Waals surface area contributed by atoms with Crippen LogP contribution in [0.4, 0.5) is 0 Å². The molecule has 216 valence electrons. The summed E-state index contributed by atoms with van der Waals surface area (Å²) in [5.74, 6) is -2.19. The number of esters is 2. The topological polar surface area (TPSA) is 195 Å². The van der Waals surface area contributed by atoms with Crippen LogP contribution in [0.5, 0.6) is 0 Å². The normalized spacial score (nSPS) is 19.1. The number of amides is 3. The first kappa shape index (κ1) is 32.9. The summed E-state index contributed by atoms with van der Waals surface area (Å²) >= 11 is 0. The largest absolute Gasteiger partial charge is 0.481 e. The van der Waals surface area contributed by atoms with Gasteiger partial charge in [0.15, 0.2) is 0 Å². The number of nitrogens with one attached hydrogen (secondary N) is 1. The highest BCUT2D eigenvalue weighted by molar-refractivity contribution is 5.96. The second-order valence-electron chi connectivity index (χ2n) is 10.2. The van der Waals surface area contributed by atoms with E-state index in [0.717, 1.165) is 0 Å². The number of cyclic esters (lactones) is 2. The molecule has 3 rings (SSSR count). The Kier molecular flexibility index (Phi) is 13.3. The summed E-state index contributed by atoms with van der Waals surface area (Å²) < 4.78 is 14.2. The lowest BCUT2D eigenvalue weighted by Gasteiger charge is -2.27. The minimum absolute atomic E-state index is 0.0525. The van der Waals surface area contributed by atoms with Gasteiger partial charge in [0.2, 0.25) is 17.7 Å². The molecule has 0 aliphatic carbocycles. The maximum absolute atomic E-state index is 11.6. The molecule has 14 nitrogen and oxygen atoms in total. The van der Waals surface area contributed by atoms with Gasteiger partial charge in [0.1, 0.15) is 13.2 Å². The van der Waals surface area contributed by atoms with Gasteiger partial charge in [-0.15, -0.1) is 0 Å². The van der Waals surface area contributed by atoms with Crippen LogP contribution in [-0.4, -0.2) is 116 Å². The maximum Gasteiger partial charge on any atom is 0.319 e. The van der Waals surface area contributed by atoms with Crippen molar-refractivity contribution in [3.05, 3.63) is 0 Å². The number of aliphatic carboxylic acids is 1. The van der Waals surface area contributed by atoms with E-state index in [4.69, 9.17) is 20.3 Å². The fourth-order valence-electron chi connectivity index (χ4n) is 3.31. The number of morpholine rings is 2. The first-order chi connectivity index (χ1) is 17.7. The minimum Gasteiger partial charge on any atom is -0.481 e. The van der Waals surface area contributed by atoms with Crippen LogP contribution in [-0.2, 0) is 43.0 Å². The first-order valence-electron chi connectivity index (χ1n) is 12.4. The monoisotopic (exact) mass is 544 g/mol. The SMILES string of the molecule is CC(C)(CC(=O)NCCN1CCOCC1=O)C(=O)O.CC1(C)CC(=O)OC1=O.NCCN1CCOCC1=O. The molecule has 0 bridgehead atoms. The smallest absolute Gasteiger partial charge is 0.319 e. The molecule has 3 aliphatic rings. The van der Waals surface area contributed by atoms with Crippen molar-refractivity contribution in [3.8, 4) is 0 Å². The Morgan fingerprint density at radius 2 is 1.53 bits per heavy atom. The Hall–Kier alpha value is -3.10. The molecule has 0 saturated carbocycles. The van der Waals surface area contributed by atoms with E-state index in [-0.39, 0.29) is 43.8 Å². The van der Waals surface area contributed by atoms with Crippen molar-refractivity contribution >= 4 is 35.6 Å². The van der Waals surface area contributed by atoms with Crippen LogP contribution in [0, 0.1) is 10.8 Å². The number of carboxylic acid groups (broad SMARTS) is 1. The molecule has 0 aromatic rings. The van der Waals surface area contributed by atoms with E-state index in [1.165, 1.54) is 13.8 Å². The maximum atomic E-state index is 11.6. The van der Waals surface area contributed by atoms with Gasteiger partial charge in [0, 0.05) is 45.7 Å². The lowest BCUT2D eigenvalue weighted by molar-refractivity contribution is -0.154. The third-order valence-corrected chi connectivity index (χ3v) is 5.80. The summed E-state index contributed by atoms with van der Waals surface area (Å²) in [6, 6.07) is 0. The molecule has 0 aromatic carbocycles. The molecule has 14 heteroatoms. The summed E-state index contributed by atoms with van der Waals surface area (Å²) in [6.45, 7) is 11.0. The highest BCUT2D eigenvalue weighted by Crippen LogP contribution is 2.28. The average molecular weight is 545 g/mol. The lowest BCUT2D eigenvalue weighted by Crippen LogP contribution is -2.45. The molecule has 3 fully saturated rings. The van der Waals surface area contributed by atoms with Crippen molar-refractivity contribution in [3.63, 3.8) is 0 Å². The summed E-state index contributed by atoms with van der Waals surface area (Å²) in [5, 5.41) is 11.5. The van der Waals surface area contributed by atoms with E-state index in [9.17, 15) is 28.8 Å². The minimum atomic E-state index is -1.08. The van der Waals surface area contributed by atoms with Crippen LogP contribution >= 0.6 is 0 Å². The molecule has 3 heterocycles. The molecule has 0 radical (unpaired) electrons. The number of nitrogens with two attached hydrogens (primary N) is 1. The molecule has 4 N–H and O–H groups in total. The van der Waals surface area contributed by atoms with Crippen LogP contribution in [0.2, 0.25) is 0 Å². The van der Waals surface area contributed by atoms with Crippen LogP contribution in [0.3, 0.4) is 0 Å². The lowest BCUT2D eigenvalue weighted by atomic mass is 9.89. The van der Waals surface area contributed by atoms with Gasteiger partial charge < -0.3 is 40.2 Å². The number of nitrogens with zero attached hydrogens (tertiary/aromatic N) is 2. The predicted molar refractivity (Wildman–Crippen MR) is 132 cm³/mol. The summed E-state index contributed by atoms with van der Waals surface area (Å²) in [7, 11) is 0. The molecule has 3 saturated heterocycles. The molecular weight excluding hydrogens is 504 g/mol. The Labute approximate surface area is 222 Å². The van der Waals surface area contributed by atoms with Crippen molar-refractivity contribution in [1.82, 2.24) is 15.1 Å². The van der Waals surface area contributed by atoms with Gasteiger partial charge >= 0.3 is 17.9 Å². The molecular formula is C24H40N4O10. The van der Waals surface area contributed by atoms with Crippen molar-refractivity contribution in [2.45, 2.75) is 40.5 Å². The van der Waals surface area contributed by atoms with E-state index in [2.05, 4.69) is 10.1 Å². The summed E-state index contributed by atoms with van der Waals surface area (Å²) in [4.78, 5) is 69.2. The van der Waals surface area contributed by atoms with Gasteiger partial charge in [-0.3, -0.25) is 28.8 Å². The van der Waals surface area contributed by atoms with E-state index >= 15 is 0 Å². The van der Waals surface area contributed by atoms with Crippen molar-refractivity contribution < 1.29 is 48.1 Å². The van der Waals surface area contributed by atoms with Crippen LogP contribution < -0.4 is 11.1 Å². The second kappa shape index (κ2) is 15.3. The number of carbonyl (C=O) groups excluding carboxylic acids is 5. The average Bonchev–Trinajstić information content (AvgIpc) is 3.06. The van der Waals surface area contributed by atoms with Crippen molar-refractivity contribution in [2.24, 2.45) is 16.6 Å². The first-order valence-corrected chi connectivity index (χ1v) is 12.4. The molecule has 38 heavy (non-hydrogen) atoms. The molecule has 0 spiro atoms. The van der Waals surface area contributed by atoms with Crippen LogP contribution in [0.1, 0.15) is 40.5 Å². The standard InChI is InChI=1S/C12H20N2O5.C6H12N2O2.C6H8O3/c1-12(2,11(17)18)7-9(15)13-3-4-14-5-6-19-8-10(14)16;7-1-2-8-3-4-10-5-6(8)9;1-6(2)3-4(7)9-5(6)8/h3-8H2,1-2H3,(H,13,15)(H,17,18);1-5,7H2;3H2,1-2H3. The highest BCUT2D eigenvalue weighted by atomic mass is 16.6. The Bertz CT molecular complexity index is 872. The zero-order chi connectivity index (χ0) is 28.9. The van der Waals surface area contributed by atoms with Gasteiger partial charge in [-0.25, -0.2) is 0 Å². The predicted octanol–water partition coefficient (Wildman–Crippen LogP) is -1.25. The number of carbonyl (C=O) groups is 6.